The van der Waals surface area contributed by atoms with E-state index < -0.39 is 29.5 Å². The number of nitrogen functional groups attached to an aromatic ring is 1. The van der Waals surface area contributed by atoms with Crippen molar-refractivity contribution in [3.63, 3.8) is 0 Å². The second-order valence-electron chi connectivity index (χ2n) is 9.98. The Bertz CT molecular complexity index is 981. The van der Waals surface area contributed by atoms with E-state index in [1.54, 1.807) is 5.41 Å². The highest BCUT2D eigenvalue weighted by Crippen LogP contribution is 2.38. The molecule has 1 aromatic carbocycles. The smallest absolute Gasteiger partial charge is 0.389 e. The highest BCUT2D eigenvalue weighted by molar-refractivity contribution is 7.92. The van der Waals surface area contributed by atoms with Crippen molar-refractivity contribution in [3.05, 3.63) is 34.7 Å². The fraction of sp³-hybridized carbons (Fsp3) is 0.600. The molecule has 0 radical (unpaired) electrons. The van der Waals surface area contributed by atoms with Crippen LogP contribution < -0.4 is 11.1 Å². The Kier molecular flexibility index (Phi) is 7.83. The van der Waals surface area contributed by atoms with Crippen molar-refractivity contribution in [2.75, 3.05) is 18.8 Å². The number of hydrogen-bond donors (Lipinski definition) is 2. The van der Waals surface area contributed by atoms with E-state index in [9.17, 15) is 22.5 Å². The van der Waals surface area contributed by atoms with E-state index in [4.69, 9.17) is 10.7 Å². The summed E-state index contributed by atoms with van der Waals surface area (Å²) in [6, 6.07) is 5.58. The molecule has 2 fully saturated rings. The summed E-state index contributed by atoms with van der Waals surface area (Å²) in [7, 11) is 0. The Morgan fingerprint density at radius 2 is 1.94 bits per heavy atom. The number of carbonyl (C=O) groups excluding carboxylic acids is 1. The average molecular weight is 511 g/mol. The predicted molar refractivity (Wildman–Crippen MR) is 133 cm³/mol. The number of nitrogens with two attached hydrogens (primary N) is 1. The molecule has 1 aromatic rings. The molecule has 1 aliphatic carbocycles. The van der Waals surface area contributed by atoms with Crippen LogP contribution in [0.4, 0.5) is 18.9 Å². The second kappa shape index (κ2) is 10.5. The van der Waals surface area contributed by atoms with Gasteiger partial charge >= 0.3 is 6.18 Å². The zero-order chi connectivity index (χ0) is 25.2. The molecule has 192 valence electrons. The summed E-state index contributed by atoms with van der Waals surface area (Å²) in [5.74, 6) is 0.768. The van der Waals surface area contributed by atoms with Crippen LogP contribution >= 0.6 is 0 Å². The van der Waals surface area contributed by atoms with Gasteiger partial charge in [0.1, 0.15) is 16.8 Å². The Morgan fingerprint density at radius 3 is 2.57 bits per heavy atom. The standard InChI is InChI=1S/C25H33F3N4O2S/c1-17-16-21(29)7-6-19(17)9-15-35(34)32-13-11-24(12-14-32)23(33)30-22(31-24)20-4-2-18(3-5-20)8-10-25(26,27)28/h6-7,9,15-16,18,20H,2-5,8,10-14,29H2,1H3,(H,30,31,33)/b15-9+. The number of alkyl halides is 3. The highest BCUT2D eigenvalue weighted by atomic mass is 32.2. The molecule has 1 unspecified atom stereocenters. The van der Waals surface area contributed by atoms with Crippen LogP contribution in [-0.4, -0.2) is 45.4 Å². The van der Waals surface area contributed by atoms with Crippen LogP contribution in [0, 0.1) is 18.8 Å². The molecule has 2 heterocycles. The minimum Gasteiger partial charge on any atom is -0.593 e. The Hall–Kier alpha value is -2.04. The van der Waals surface area contributed by atoms with Gasteiger partial charge in [-0.05, 0) is 87.1 Å². The van der Waals surface area contributed by atoms with Gasteiger partial charge < -0.3 is 15.6 Å². The number of hydrogen-bond acceptors (Lipinski definition) is 5. The first-order valence-corrected chi connectivity index (χ1v) is 13.4. The summed E-state index contributed by atoms with van der Waals surface area (Å²) < 4.78 is 52.2. The number of aliphatic imine (C=N–C) groups is 1. The largest absolute Gasteiger partial charge is 0.593 e. The summed E-state index contributed by atoms with van der Waals surface area (Å²) in [5.41, 5.74) is 7.62. The van der Waals surface area contributed by atoms with Crippen molar-refractivity contribution in [2.45, 2.75) is 70.0 Å². The first-order chi connectivity index (χ1) is 16.5. The lowest BCUT2D eigenvalue weighted by molar-refractivity contribution is -0.138. The normalized spacial score (nSPS) is 26.2. The first-order valence-electron chi connectivity index (χ1n) is 12.2. The van der Waals surface area contributed by atoms with Gasteiger partial charge in [-0.2, -0.15) is 13.2 Å². The molecule has 6 nitrogen and oxygen atoms in total. The third-order valence-electron chi connectivity index (χ3n) is 7.53. The molecule has 1 saturated heterocycles. The summed E-state index contributed by atoms with van der Waals surface area (Å²) in [4.78, 5) is 17.7. The number of amidine groups is 1. The molecule has 1 saturated carbocycles. The highest BCUT2D eigenvalue weighted by Gasteiger charge is 2.48. The molecule has 35 heavy (non-hydrogen) atoms. The summed E-state index contributed by atoms with van der Waals surface area (Å²) in [6.07, 6.45) is 1.13. The number of benzene rings is 1. The van der Waals surface area contributed by atoms with Gasteiger partial charge in [0, 0.05) is 31.1 Å². The van der Waals surface area contributed by atoms with E-state index in [1.165, 1.54) is 0 Å². The number of amides is 1. The maximum atomic E-state index is 12.9. The Balaban J connectivity index is 1.30. The lowest BCUT2D eigenvalue weighted by atomic mass is 9.79. The fourth-order valence-electron chi connectivity index (χ4n) is 5.31. The molecule has 2 aliphatic heterocycles. The van der Waals surface area contributed by atoms with Crippen LogP contribution in [0.15, 0.2) is 28.6 Å². The Morgan fingerprint density at radius 1 is 1.26 bits per heavy atom. The van der Waals surface area contributed by atoms with Gasteiger partial charge in [-0.1, -0.05) is 6.07 Å². The number of halogens is 3. The molecule has 1 spiro atoms. The second-order valence-corrected chi connectivity index (χ2v) is 11.3. The number of nitrogens with one attached hydrogen (secondary N) is 1. The molecule has 3 N–H and O–H groups in total. The number of piperidine rings is 1. The minimum atomic E-state index is -4.10. The summed E-state index contributed by atoms with van der Waals surface area (Å²) in [6.45, 7) is 2.94. The third kappa shape index (κ3) is 6.40. The predicted octanol–water partition coefficient (Wildman–Crippen LogP) is 4.72. The quantitative estimate of drug-likeness (QED) is 0.428. The van der Waals surface area contributed by atoms with E-state index >= 15 is 0 Å². The van der Waals surface area contributed by atoms with Crippen molar-refractivity contribution in [1.29, 1.82) is 0 Å². The number of aryl methyl sites for hydroxylation is 1. The molecule has 1 atom stereocenters. The minimum absolute atomic E-state index is 0.0860. The van der Waals surface area contributed by atoms with Crippen LogP contribution in [0.1, 0.15) is 62.5 Å². The zero-order valence-electron chi connectivity index (χ0n) is 19.9. The van der Waals surface area contributed by atoms with Crippen molar-refractivity contribution in [3.8, 4) is 0 Å². The number of nitrogens with zero attached hydrogens (tertiary/aromatic N) is 2. The van der Waals surface area contributed by atoms with Crippen molar-refractivity contribution in [1.82, 2.24) is 9.62 Å². The van der Waals surface area contributed by atoms with E-state index in [0.29, 0.717) is 37.5 Å². The SMILES string of the molecule is Cc1cc(N)ccc1/C=C/[S+]([O-])N1CCC2(CC1)N=C(C1CCC(CCC(F)(F)F)CC1)NC2=O. The van der Waals surface area contributed by atoms with Crippen molar-refractivity contribution in [2.24, 2.45) is 16.8 Å². The lowest BCUT2D eigenvalue weighted by Gasteiger charge is -2.34. The molecule has 4 rings (SSSR count). The van der Waals surface area contributed by atoms with Crippen LogP contribution in [0.5, 0.6) is 0 Å². The van der Waals surface area contributed by atoms with Crippen LogP contribution in [0.2, 0.25) is 0 Å². The van der Waals surface area contributed by atoms with Gasteiger partial charge in [-0.25, -0.2) is 0 Å². The maximum absolute atomic E-state index is 12.9. The number of carbonyl (C=O) groups is 1. The van der Waals surface area contributed by atoms with Gasteiger partial charge in [-0.15, -0.1) is 4.31 Å². The van der Waals surface area contributed by atoms with Crippen LogP contribution in [0.25, 0.3) is 6.08 Å². The van der Waals surface area contributed by atoms with Gasteiger partial charge in [0.05, 0.1) is 11.4 Å². The van der Waals surface area contributed by atoms with Gasteiger partial charge in [0.15, 0.2) is 0 Å². The molecule has 1 amide bonds. The van der Waals surface area contributed by atoms with Gasteiger partial charge in [0.25, 0.3) is 5.91 Å². The lowest BCUT2D eigenvalue weighted by Crippen LogP contribution is -2.50. The van der Waals surface area contributed by atoms with Gasteiger partial charge in [-0.3, -0.25) is 9.79 Å². The topological polar surface area (TPSA) is 93.8 Å². The van der Waals surface area contributed by atoms with E-state index in [-0.39, 0.29) is 24.2 Å². The summed E-state index contributed by atoms with van der Waals surface area (Å²) in [5, 5.41) is 4.63. The molecular weight excluding hydrogens is 477 g/mol. The number of anilines is 1. The molecule has 10 heteroatoms. The first kappa shape index (κ1) is 26.0. The van der Waals surface area contributed by atoms with E-state index in [2.05, 4.69) is 5.32 Å². The monoisotopic (exact) mass is 510 g/mol. The van der Waals surface area contributed by atoms with Crippen molar-refractivity contribution < 1.29 is 22.5 Å². The molecule has 3 aliphatic rings. The van der Waals surface area contributed by atoms with Crippen molar-refractivity contribution >= 4 is 34.9 Å². The van der Waals surface area contributed by atoms with Crippen LogP contribution in [-0.2, 0) is 16.2 Å². The average Bonchev–Trinajstić information content (AvgIpc) is 3.13. The Labute approximate surface area is 207 Å². The molecular formula is C25H33F3N4O2S. The third-order valence-corrected chi connectivity index (χ3v) is 8.77. The maximum Gasteiger partial charge on any atom is 0.389 e. The summed E-state index contributed by atoms with van der Waals surface area (Å²) >= 11 is -1.31. The number of rotatable bonds is 6. The van der Waals surface area contributed by atoms with Gasteiger partial charge in [0.2, 0.25) is 0 Å². The fourth-order valence-corrected chi connectivity index (χ4v) is 6.28. The van der Waals surface area contributed by atoms with E-state index in [1.807, 2.05) is 35.5 Å². The van der Waals surface area contributed by atoms with E-state index in [0.717, 1.165) is 36.8 Å². The van der Waals surface area contributed by atoms with Crippen LogP contribution in [0.3, 0.4) is 0 Å². The molecule has 0 bridgehead atoms. The zero-order valence-corrected chi connectivity index (χ0v) is 20.8. The molecule has 0 aromatic heterocycles.